The third-order valence-electron chi connectivity index (χ3n) is 5.35. The third-order valence-corrected chi connectivity index (χ3v) is 6.50. The van der Waals surface area contributed by atoms with E-state index in [1.54, 1.807) is 13.0 Å². The van der Waals surface area contributed by atoms with Gasteiger partial charge in [0.2, 0.25) is 5.91 Å². The molecule has 1 aliphatic heterocycles. The first-order valence-corrected chi connectivity index (χ1v) is 13.8. The monoisotopic (exact) mass is 592 g/mol. The summed E-state index contributed by atoms with van der Waals surface area (Å²) >= 11 is 1.47. The van der Waals surface area contributed by atoms with Crippen molar-refractivity contribution in [1.29, 1.82) is 0 Å². The van der Waals surface area contributed by atoms with Crippen LogP contribution in [0.4, 0.5) is 13.2 Å². The molecule has 1 aromatic rings. The van der Waals surface area contributed by atoms with Crippen LogP contribution in [0.3, 0.4) is 0 Å². The van der Waals surface area contributed by atoms with Gasteiger partial charge in [0.05, 0.1) is 18.7 Å². The number of nitrogens with zero attached hydrogens (tertiary/aromatic N) is 2. The summed E-state index contributed by atoms with van der Waals surface area (Å²) in [5.74, 6) is 0.412. The molecule has 1 aromatic heterocycles. The molecular formula is C25H35F3N4O7S. The highest BCUT2D eigenvalue weighted by atomic mass is 32.2. The van der Waals surface area contributed by atoms with E-state index in [1.807, 2.05) is 6.92 Å². The average Bonchev–Trinajstić information content (AvgIpc) is 3.56. The Morgan fingerprint density at radius 2 is 2.02 bits per heavy atom. The molecule has 2 atom stereocenters. The molecule has 1 amide bonds. The van der Waals surface area contributed by atoms with E-state index < -0.39 is 30.0 Å². The van der Waals surface area contributed by atoms with Crippen LogP contribution in [0.2, 0.25) is 0 Å². The number of rotatable bonds is 13. The van der Waals surface area contributed by atoms with E-state index >= 15 is 0 Å². The van der Waals surface area contributed by atoms with Gasteiger partial charge >= 0.3 is 18.0 Å². The van der Waals surface area contributed by atoms with Crippen molar-refractivity contribution >= 4 is 34.4 Å². The number of alkyl halides is 3. The fraction of sp³-hybridized carbons (Fsp3) is 0.640. The molecule has 2 aliphatic rings. The van der Waals surface area contributed by atoms with Crippen LogP contribution in [0, 0.1) is 5.92 Å². The van der Waals surface area contributed by atoms with Gasteiger partial charge in [0.15, 0.2) is 0 Å². The normalized spacial score (nSPS) is 17.7. The van der Waals surface area contributed by atoms with Crippen molar-refractivity contribution in [2.45, 2.75) is 71.3 Å². The fourth-order valence-corrected chi connectivity index (χ4v) is 4.26. The first-order valence-electron chi connectivity index (χ1n) is 12.8. The summed E-state index contributed by atoms with van der Waals surface area (Å²) in [7, 11) is 0. The van der Waals surface area contributed by atoms with Crippen LogP contribution in [0.5, 0.6) is 5.75 Å². The maximum atomic E-state index is 12.9. The Morgan fingerprint density at radius 3 is 2.60 bits per heavy atom. The summed E-state index contributed by atoms with van der Waals surface area (Å²) in [5, 5.41) is 7.72. The Kier molecular flexibility index (Phi) is 13.5. The molecule has 0 saturated heterocycles. The maximum Gasteiger partial charge on any atom is 0.575 e. The number of aliphatic imine (C=N–C) groups is 1. The summed E-state index contributed by atoms with van der Waals surface area (Å²) in [6.45, 7) is 6.09. The summed E-state index contributed by atoms with van der Waals surface area (Å²) in [6.07, 6.45) is -0.340. The number of amides is 1. The van der Waals surface area contributed by atoms with Gasteiger partial charge in [-0.05, 0) is 45.1 Å². The van der Waals surface area contributed by atoms with Gasteiger partial charge in [-0.1, -0.05) is 18.5 Å². The van der Waals surface area contributed by atoms with E-state index in [4.69, 9.17) is 19.7 Å². The molecular weight excluding hydrogens is 557 g/mol. The van der Waals surface area contributed by atoms with Gasteiger partial charge in [-0.2, -0.15) is 0 Å². The van der Waals surface area contributed by atoms with Crippen LogP contribution >= 0.6 is 11.8 Å². The van der Waals surface area contributed by atoms with E-state index in [0.717, 1.165) is 25.7 Å². The molecule has 0 radical (unpaired) electrons. The highest BCUT2D eigenvalue weighted by molar-refractivity contribution is 8.16. The quantitative estimate of drug-likeness (QED) is 0.151. The number of nitrogens with two attached hydrogens (primary N) is 1. The largest absolute Gasteiger partial charge is 0.575 e. The molecule has 40 heavy (non-hydrogen) atoms. The number of hydrogen-bond acceptors (Lipinski definition) is 11. The number of oxime groups is 1. The number of carbonyl (C=O) groups excluding carboxylic acids is 2. The molecule has 15 heteroatoms. The van der Waals surface area contributed by atoms with Crippen molar-refractivity contribution in [2.75, 3.05) is 25.5 Å². The molecule has 2 unspecified atom stereocenters. The zero-order valence-electron chi connectivity index (χ0n) is 22.6. The van der Waals surface area contributed by atoms with Crippen LogP contribution in [0.15, 0.2) is 31.5 Å². The van der Waals surface area contributed by atoms with Gasteiger partial charge in [0.25, 0.3) is 0 Å². The second-order valence-corrected chi connectivity index (χ2v) is 10.1. The Hall–Kier alpha value is -3.07. The van der Waals surface area contributed by atoms with Crippen molar-refractivity contribution < 1.29 is 41.5 Å². The molecule has 0 spiro atoms. The van der Waals surface area contributed by atoms with Gasteiger partial charge in [0, 0.05) is 18.7 Å². The van der Waals surface area contributed by atoms with Gasteiger partial charge in [-0.25, -0.2) is 4.79 Å². The fourth-order valence-electron chi connectivity index (χ4n) is 3.27. The maximum absolute atomic E-state index is 12.9. The predicted octanol–water partition coefficient (Wildman–Crippen LogP) is 3.71. The summed E-state index contributed by atoms with van der Waals surface area (Å²) in [4.78, 5) is 44.2. The molecule has 1 saturated carbocycles. The molecule has 1 fully saturated rings. The SMILES string of the molecule is CC(=O)OC(F)(F)F.CCCC(NC(=O)C1CSC(/C(C)=N/OCCCN)=N1)c1cc(OCC2CC2)cc(=O)o1. The smallest absolute Gasteiger partial charge is 0.493 e. The molecule has 224 valence electrons. The van der Waals surface area contributed by atoms with Crippen molar-refractivity contribution in [2.24, 2.45) is 21.8 Å². The van der Waals surface area contributed by atoms with Gasteiger partial charge in [-0.3, -0.25) is 14.6 Å². The average molecular weight is 593 g/mol. The summed E-state index contributed by atoms with van der Waals surface area (Å²) in [6, 6.07) is 2.09. The van der Waals surface area contributed by atoms with Crippen molar-refractivity contribution in [3.05, 3.63) is 28.3 Å². The van der Waals surface area contributed by atoms with Crippen LogP contribution in [0.25, 0.3) is 0 Å². The lowest BCUT2D eigenvalue weighted by Gasteiger charge is -2.19. The third kappa shape index (κ3) is 12.9. The lowest BCUT2D eigenvalue weighted by molar-refractivity contribution is -0.304. The highest BCUT2D eigenvalue weighted by Gasteiger charge is 2.32. The molecule has 3 N–H and O–H groups in total. The lowest BCUT2D eigenvalue weighted by Crippen LogP contribution is -2.37. The van der Waals surface area contributed by atoms with E-state index in [-0.39, 0.29) is 5.91 Å². The minimum Gasteiger partial charge on any atom is -0.493 e. The van der Waals surface area contributed by atoms with Crippen LogP contribution < -0.4 is 21.4 Å². The second-order valence-electron chi connectivity index (χ2n) is 9.07. The first kappa shape index (κ1) is 33.1. The van der Waals surface area contributed by atoms with E-state index in [0.29, 0.717) is 67.0 Å². The summed E-state index contributed by atoms with van der Waals surface area (Å²) < 4.78 is 46.5. The molecule has 3 rings (SSSR count). The number of halogens is 3. The number of thioether (sulfide) groups is 1. The molecule has 1 aliphatic carbocycles. The van der Waals surface area contributed by atoms with Gasteiger partial charge < -0.3 is 29.8 Å². The predicted molar refractivity (Wildman–Crippen MR) is 143 cm³/mol. The van der Waals surface area contributed by atoms with Crippen molar-refractivity contribution in [3.63, 3.8) is 0 Å². The Bertz CT molecular complexity index is 1110. The number of ether oxygens (including phenoxy) is 2. The zero-order valence-corrected chi connectivity index (χ0v) is 23.4. The van der Waals surface area contributed by atoms with E-state index in [2.05, 4.69) is 20.2 Å². The van der Waals surface area contributed by atoms with Crippen molar-refractivity contribution in [3.8, 4) is 5.75 Å². The van der Waals surface area contributed by atoms with Crippen LogP contribution in [-0.2, 0) is 19.2 Å². The Morgan fingerprint density at radius 1 is 1.30 bits per heavy atom. The first-order chi connectivity index (χ1) is 18.9. The number of hydrogen-bond donors (Lipinski definition) is 2. The van der Waals surface area contributed by atoms with Crippen LogP contribution in [-0.4, -0.2) is 60.5 Å². The minimum atomic E-state index is -4.83. The van der Waals surface area contributed by atoms with Crippen molar-refractivity contribution in [1.82, 2.24) is 5.32 Å². The van der Waals surface area contributed by atoms with Crippen LogP contribution in [0.1, 0.15) is 64.7 Å². The van der Waals surface area contributed by atoms with Gasteiger partial charge in [0.1, 0.15) is 34.9 Å². The summed E-state index contributed by atoms with van der Waals surface area (Å²) in [5.41, 5.74) is 5.59. The molecule has 0 aromatic carbocycles. The number of carbonyl (C=O) groups is 2. The Balaban J connectivity index is 0.000000611. The Labute approximate surface area is 234 Å². The highest BCUT2D eigenvalue weighted by Crippen LogP contribution is 2.30. The molecule has 11 nitrogen and oxygen atoms in total. The van der Waals surface area contributed by atoms with E-state index in [9.17, 15) is 27.6 Å². The molecule has 0 bridgehead atoms. The lowest BCUT2D eigenvalue weighted by atomic mass is 10.1. The van der Waals surface area contributed by atoms with E-state index in [1.165, 1.54) is 17.8 Å². The zero-order chi connectivity index (χ0) is 29.7. The topological polar surface area (TPSA) is 155 Å². The number of nitrogens with one attached hydrogen (secondary N) is 1. The number of esters is 1. The minimum absolute atomic E-state index is 0.213. The standard InChI is InChI=1S/C22H32N4O5S.C3H3F3O2/c1-3-5-17(19-10-16(11-20(27)31-19)29-12-15-6-7-15)24-21(28)18-13-32-22(25-18)14(2)26-30-9-4-8-23;1-2(7)8-3(4,5)6/h10-11,15,17-18H,3-9,12-13,23H2,1-2H3,(H,24,28);1H3/b26-14+;. The van der Waals surface area contributed by atoms with Gasteiger partial charge in [-0.15, -0.1) is 24.9 Å². The molecule has 2 heterocycles. The second kappa shape index (κ2) is 16.3.